The molecule has 0 unspecified atom stereocenters. The Balaban J connectivity index is 3.22. The number of unbranched alkanes of at least 4 members (excludes halogenated alkanes) is 1. The molecule has 0 aromatic carbocycles. The van der Waals surface area contributed by atoms with Gasteiger partial charge in [0.25, 0.3) is 0 Å². The Morgan fingerprint density at radius 2 is 2.50 bits per heavy atom. The Bertz CT molecular complexity index is 167. The molecule has 0 fully saturated rings. The molecule has 10 heavy (non-hydrogen) atoms. The molecule has 0 aliphatic rings. The number of esters is 1. The number of hydrogen-bond acceptors (Lipinski definition) is 3. The fraction of sp³-hybridized carbons (Fsp3) is 0.429. The van der Waals surface area contributed by atoms with Crippen molar-refractivity contribution in [3.8, 4) is 6.07 Å². The molecule has 0 saturated heterocycles. The van der Waals surface area contributed by atoms with Crippen molar-refractivity contribution in [3.05, 3.63) is 12.3 Å². The zero-order valence-corrected chi connectivity index (χ0v) is 5.83. The van der Waals surface area contributed by atoms with Gasteiger partial charge < -0.3 is 4.74 Å². The summed E-state index contributed by atoms with van der Waals surface area (Å²) in [5, 5.41) is 8.08. The van der Waals surface area contributed by atoms with Crippen LogP contribution in [0, 0.1) is 11.3 Å². The van der Waals surface area contributed by atoms with Crippen LogP contribution < -0.4 is 0 Å². The Kier molecular flexibility index (Phi) is 5.07. The van der Waals surface area contributed by atoms with E-state index >= 15 is 0 Å². The topological polar surface area (TPSA) is 50.1 Å². The lowest BCUT2D eigenvalue weighted by molar-refractivity contribution is -0.135. The van der Waals surface area contributed by atoms with E-state index in [2.05, 4.69) is 4.74 Å². The van der Waals surface area contributed by atoms with Crippen molar-refractivity contribution >= 4 is 5.97 Å². The fourth-order valence-electron chi connectivity index (χ4n) is 0.360. The van der Waals surface area contributed by atoms with Gasteiger partial charge >= 0.3 is 5.97 Å². The predicted octanol–water partition coefficient (Wildman–Crippen LogP) is 1.37. The van der Waals surface area contributed by atoms with Gasteiger partial charge in [-0.2, -0.15) is 5.26 Å². The van der Waals surface area contributed by atoms with Gasteiger partial charge in [-0.05, 0) is 12.5 Å². The summed E-state index contributed by atoms with van der Waals surface area (Å²) in [4.78, 5) is 10.1. The summed E-state index contributed by atoms with van der Waals surface area (Å²) in [5.74, 6) is -0.340. The van der Waals surface area contributed by atoms with Crippen LogP contribution in [-0.4, -0.2) is 5.97 Å². The van der Waals surface area contributed by atoms with Crippen LogP contribution in [0.3, 0.4) is 0 Å². The van der Waals surface area contributed by atoms with E-state index in [1.165, 1.54) is 13.2 Å². The largest absolute Gasteiger partial charge is 0.435 e. The van der Waals surface area contributed by atoms with Crippen molar-refractivity contribution in [1.82, 2.24) is 0 Å². The number of nitrogens with zero attached hydrogens (tertiary/aromatic N) is 1. The smallest absolute Gasteiger partial charge is 0.307 e. The number of carbonyl (C=O) groups excluding carboxylic acids is 1. The summed E-state index contributed by atoms with van der Waals surface area (Å²) in [6, 6.07) is 1.96. The second kappa shape index (κ2) is 5.83. The molecular formula is C7H9NO2. The number of allylic oxidation sites excluding steroid dienone is 1. The minimum Gasteiger partial charge on any atom is -0.435 e. The summed E-state index contributed by atoms with van der Waals surface area (Å²) in [6.07, 6.45) is 4.03. The highest BCUT2D eigenvalue weighted by Gasteiger charge is 1.83. The molecule has 0 spiro atoms. The Morgan fingerprint density at radius 1 is 1.80 bits per heavy atom. The zero-order valence-electron chi connectivity index (χ0n) is 5.83. The summed E-state index contributed by atoms with van der Waals surface area (Å²) in [5.41, 5.74) is 0. The van der Waals surface area contributed by atoms with Crippen LogP contribution in [0.2, 0.25) is 0 Å². The van der Waals surface area contributed by atoms with Gasteiger partial charge in [0.1, 0.15) is 0 Å². The van der Waals surface area contributed by atoms with E-state index in [0.717, 1.165) is 0 Å². The lowest BCUT2D eigenvalue weighted by Crippen LogP contribution is -1.88. The van der Waals surface area contributed by atoms with Crippen molar-refractivity contribution in [2.75, 3.05) is 0 Å². The third-order valence-electron chi connectivity index (χ3n) is 0.753. The maximum atomic E-state index is 10.1. The molecule has 0 saturated carbocycles. The Hall–Kier alpha value is -1.30. The maximum Gasteiger partial charge on any atom is 0.307 e. The molecular weight excluding hydrogens is 130 g/mol. The van der Waals surface area contributed by atoms with Gasteiger partial charge in [-0.15, -0.1) is 0 Å². The molecule has 0 atom stereocenters. The van der Waals surface area contributed by atoms with Crippen LogP contribution in [0.15, 0.2) is 12.3 Å². The number of nitriles is 1. The molecule has 54 valence electrons. The van der Waals surface area contributed by atoms with Gasteiger partial charge in [-0.1, -0.05) is 0 Å². The molecule has 0 aliphatic heterocycles. The molecule has 0 aromatic rings. The molecule has 0 rings (SSSR count). The van der Waals surface area contributed by atoms with Crippen LogP contribution in [0.5, 0.6) is 0 Å². The first-order valence-corrected chi connectivity index (χ1v) is 2.96. The van der Waals surface area contributed by atoms with E-state index in [1.54, 1.807) is 6.08 Å². The highest BCUT2D eigenvalue weighted by molar-refractivity contribution is 5.66. The van der Waals surface area contributed by atoms with Crippen LogP contribution in [0.4, 0.5) is 0 Å². The van der Waals surface area contributed by atoms with Gasteiger partial charge in [0.15, 0.2) is 0 Å². The molecule has 0 bridgehead atoms. The van der Waals surface area contributed by atoms with E-state index in [9.17, 15) is 4.79 Å². The quantitative estimate of drug-likeness (QED) is 0.337. The normalized spacial score (nSPS) is 9.20. The molecule has 3 nitrogen and oxygen atoms in total. The van der Waals surface area contributed by atoms with E-state index in [-0.39, 0.29) is 5.97 Å². The Morgan fingerprint density at radius 3 is 3.00 bits per heavy atom. The minimum absolute atomic E-state index is 0.340. The summed E-state index contributed by atoms with van der Waals surface area (Å²) in [7, 11) is 0. The fourth-order valence-corrected chi connectivity index (χ4v) is 0.360. The number of rotatable bonds is 3. The van der Waals surface area contributed by atoms with Crippen molar-refractivity contribution in [2.24, 2.45) is 0 Å². The third-order valence-corrected chi connectivity index (χ3v) is 0.753. The molecule has 3 heteroatoms. The molecule has 0 aliphatic carbocycles. The highest BCUT2D eigenvalue weighted by Crippen LogP contribution is 1.88. The van der Waals surface area contributed by atoms with Crippen LogP contribution in [0.25, 0.3) is 0 Å². The van der Waals surface area contributed by atoms with E-state index in [0.29, 0.717) is 12.8 Å². The van der Waals surface area contributed by atoms with Crippen LogP contribution >= 0.6 is 0 Å². The molecule has 0 aromatic heterocycles. The van der Waals surface area contributed by atoms with Gasteiger partial charge in [0, 0.05) is 13.3 Å². The first kappa shape index (κ1) is 8.70. The average molecular weight is 139 g/mol. The lowest BCUT2D eigenvalue weighted by atomic mass is 10.3. The second-order valence-corrected chi connectivity index (χ2v) is 1.68. The monoisotopic (exact) mass is 139 g/mol. The summed E-state index contributed by atoms with van der Waals surface area (Å²) >= 11 is 0. The maximum absolute atomic E-state index is 10.1. The van der Waals surface area contributed by atoms with Crippen LogP contribution in [-0.2, 0) is 9.53 Å². The second-order valence-electron chi connectivity index (χ2n) is 1.68. The minimum atomic E-state index is -0.340. The third kappa shape index (κ3) is 6.70. The Labute approximate surface area is 59.9 Å². The first-order chi connectivity index (χ1) is 4.77. The molecule has 0 amide bonds. The summed E-state index contributed by atoms with van der Waals surface area (Å²) in [6.45, 7) is 1.33. The number of ether oxygens (including phenoxy) is 1. The van der Waals surface area contributed by atoms with E-state index < -0.39 is 0 Å². The van der Waals surface area contributed by atoms with Crippen molar-refractivity contribution in [3.63, 3.8) is 0 Å². The van der Waals surface area contributed by atoms with E-state index in [4.69, 9.17) is 5.26 Å². The SMILES string of the molecule is CC(=O)O/C=C\CCC#N. The predicted molar refractivity (Wildman–Crippen MR) is 35.8 cm³/mol. The van der Waals surface area contributed by atoms with Gasteiger partial charge in [-0.25, -0.2) is 0 Å². The van der Waals surface area contributed by atoms with Crippen molar-refractivity contribution in [1.29, 1.82) is 5.26 Å². The lowest BCUT2D eigenvalue weighted by Gasteiger charge is -1.87. The summed E-state index contributed by atoms with van der Waals surface area (Å²) < 4.78 is 4.46. The van der Waals surface area contributed by atoms with Crippen LogP contribution in [0.1, 0.15) is 19.8 Å². The number of carbonyl (C=O) groups is 1. The highest BCUT2D eigenvalue weighted by atomic mass is 16.5. The standard InChI is InChI=1S/C7H9NO2/c1-7(9)10-6-4-2-3-5-8/h4,6H,2-3H2,1H3/b6-4-. The van der Waals surface area contributed by atoms with Crippen molar-refractivity contribution < 1.29 is 9.53 Å². The average Bonchev–Trinajstić information content (AvgIpc) is 1.87. The molecule has 0 radical (unpaired) electrons. The van der Waals surface area contributed by atoms with Crippen molar-refractivity contribution in [2.45, 2.75) is 19.8 Å². The van der Waals surface area contributed by atoms with Gasteiger partial charge in [0.2, 0.25) is 0 Å². The van der Waals surface area contributed by atoms with E-state index in [1.807, 2.05) is 6.07 Å². The molecule has 0 heterocycles. The number of hydrogen-bond donors (Lipinski definition) is 0. The molecule has 0 N–H and O–H groups in total. The van der Waals surface area contributed by atoms with Gasteiger partial charge in [0.05, 0.1) is 12.3 Å². The van der Waals surface area contributed by atoms with Gasteiger partial charge in [-0.3, -0.25) is 4.79 Å². The zero-order chi connectivity index (χ0) is 7.82. The first-order valence-electron chi connectivity index (χ1n) is 2.96.